The Morgan fingerprint density at radius 1 is 1.24 bits per heavy atom. The molecule has 2 aromatic rings. The Kier molecular flexibility index (Phi) is 3.30. The molecular formula is C12H12N4O. The average Bonchev–Trinajstić information content (AvgIpc) is 2.38. The van der Waals surface area contributed by atoms with Crippen LogP contribution in [0.25, 0.3) is 0 Å². The monoisotopic (exact) mass is 228 g/mol. The van der Waals surface area contributed by atoms with Gasteiger partial charge in [-0.25, -0.2) is 9.97 Å². The standard InChI is InChI=1S/C12H12N4O/c13-11(17)12-14-7-6-10(16-12)15-8-9-4-2-1-3-5-9/h1-7H,8H2,(H2,13,17)(H,14,15,16). The SMILES string of the molecule is NC(=O)c1nccc(NCc2ccccc2)n1. The number of nitrogens with one attached hydrogen (secondary N) is 1. The summed E-state index contributed by atoms with van der Waals surface area (Å²) in [5.74, 6) is -0.0333. The zero-order valence-electron chi connectivity index (χ0n) is 9.13. The van der Waals surface area contributed by atoms with Crippen LogP contribution in [0, 0.1) is 0 Å². The number of rotatable bonds is 4. The molecule has 5 heteroatoms. The Hall–Kier alpha value is -2.43. The number of carbonyl (C=O) groups excluding carboxylic acids is 1. The maximum atomic E-state index is 10.9. The molecule has 1 amide bonds. The van der Waals surface area contributed by atoms with E-state index in [-0.39, 0.29) is 5.82 Å². The fourth-order valence-corrected chi connectivity index (χ4v) is 1.36. The van der Waals surface area contributed by atoms with E-state index in [0.717, 1.165) is 5.56 Å². The van der Waals surface area contributed by atoms with Gasteiger partial charge in [-0.15, -0.1) is 0 Å². The lowest BCUT2D eigenvalue weighted by Crippen LogP contribution is -2.16. The third kappa shape index (κ3) is 3.01. The molecule has 17 heavy (non-hydrogen) atoms. The van der Waals surface area contributed by atoms with E-state index in [1.165, 1.54) is 6.20 Å². The molecule has 1 heterocycles. The van der Waals surface area contributed by atoms with Crippen LogP contribution in [0.2, 0.25) is 0 Å². The first-order chi connectivity index (χ1) is 8.25. The fraction of sp³-hybridized carbons (Fsp3) is 0.0833. The van der Waals surface area contributed by atoms with Crippen LogP contribution in [0.5, 0.6) is 0 Å². The van der Waals surface area contributed by atoms with Gasteiger partial charge in [-0.05, 0) is 11.6 Å². The zero-order valence-corrected chi connectivity index (χ0v) is 9.13. The fourth-order valence-electron chi connectivity index (χ4n) is 1.36. The normalized spacial score (nSPS) is 9.88. The lowest BCUT2D eigenvalue weighted by atomic mass is 10.2. The number of benzene rings is 1. The lowest BCUT2D eigenvalue weighted by Gasteiger charge is -2.05. The second-order valence-corrected chi connectivity index (χ2v) is 3.47. The minimum absolute atomic E-state index is 0.0167. The number of anilines is 1. The van der Waals surface area contributed by atoms with Crippen molar-refractivity contribution in [2.45, 2.75) is 6.54 Å². The van der Waals surface area contributed by atoms with E-state index in [9.17, 15) is 4.79 Å². The summed E-state index contributed by atoms with van der Waals surface area (Å²) in [6, 6.07) is 11.6. The summed E-state index contributed by atoms with van der Waals surface area (Å²) in [4.78, 5) is 18.7. The molecule has 0 aliphatic heterocycles. The maximum Gasteiger partial charge on any atom is 0.286 e. The molecule has 0 aliphatic rings. The van der Waals surface area contributed by atoms with Gasteiger partial charge in [0.25, 0.3) is 5.91 Å². The average molecular weight is 228 g/mol. The van der Waals surface area contributed by atoms with Gasteiger partial charge < -0.3 is 11.1 Å². The zero-order chi connectivity index (χ0) is 12.1. The van der Waals surface area contributed by atoms with Crippen LogP contribution in [-0.2, 0) is 6.54 Å². The van der Waals surface area contributed by atoms with Crippen molar-refractivity contribution in [2.24, 2.45) is 5.73 Å². The minimum atomic E-state index is -0.631. The third-order valence-corrected chi connectivity index (χ3v) is 2.19. The highest BCUT2D eigenvalue weighted by Gasteiger charge is 2.04. The first-order valence-electron chi connectivity index (χ1n) is 5.16. The number of nitrogens with zero attached hydrogens (tertiary/aromatic N) is 2. The van der Waals surface area contributed by atoms with Gasteiger partial charge in [0, 0.05) is 12.7 Å². The Morgan fingerprint density at radius 3 is 2.71 bits per heavy atom. The Labute approximate surface area is 98.7 Å². The number of hydrogen-bond acceptors (Lipinski definition) is 4. The van der Waals surface area contributed by atoms with Crippen molar-refractivity contribution in [3.63, 3.8) is 0 Å². The summed E-state index contributed by atoms with van der Waals surface area (Å²) in [5, 5.41) is 3.10. The predicted molar refractivity (Wildman–Crippen MR) is 64.3 cm³/mol. The molecule has 1 aromatic heterocycles. The molecule has 1 aromatic carbocycles. The van der Waals surface area contributed by atoms with Crippen LogP contribution < -0.4 is 11.1 Å². The molecular weight excluding hydrogens is 216 g/mol. The third-order valence-electron chi connectivity index (χ3n) is 2.19. The number of hydrogen-bond donors (Lipinski definition) is 2. The smallest absolute Gasteiger partial charge is 0.286 e. The predicted octanol–water partition coefficient (Wildman–Crippen LogP) is 1.19. The molecule has 0 fully saturated rings. The number of aromatic nitrogens is 2. The second kappa shape index (κ2) is 5.07. The van der Waals surface area contributed by atoms with E-state index < -0.39 is 5.91 Å². The quantitative estimate of drug-likeness (QED) is 0.823. The molecule has 0 aliphatic carbocycles. The van der Waals surface area contributed by atoms with Gasteiger partial charge in [-0.2, -0.15) is 0 Å². The molecule has 0 radical (unpaired) electrons. The number of nitrogens with two attached hydrogens (primary N) is 1. The highest BCUT2D eigenvalue weighted by molar-refractivity contribution is 5.89. The summed E-state index contributed by atoms with van der Waals surface area (Å²) in [6.07, 6.45) is 1.50. The number of amides is 1. The molecule has 0 atom stereocenters. The van der Waals surface area contributed by atoms with E-state index in [4.69, 9.17) is 5.73 Å². The Balaban J connectivity index is 2.04. The summed E-state index contributed by atoms with van der Waals surface area (Å²) in [6.45, 7) is 0.635. The molecule has 0 bridgehead atoms. The Bertz CT molecular complexity index is 513. The van der Waals surface area contributed by atoms with Crippen molar-refractivity contribution in [1.82, 2.24) is 9.97 Å². The summed E-state index contributed by atoms with van der Waals surface area (Å²) in [5.41, 5.74) is 6.23. The topological polar surface area (TPSA) is 80.9 Å². The molecule has 3 N–H and O–H groups in total. The lowest BCUT2D eigenvalue weighted by molar-refractivity contribution is 0.0990. The summed E-state index contributed by atoms with van der Waals surface area (Å²) < 4.78 is 0. The molecule has 0 saturated carbocycles. The highest BCUT2D eigenvalue weighted by atomic mass is 16.1. The van der Waals surface area contributed by atoms with Gasteiger partial charge in [0.2, 0.25) is 5.82 Å². The first kappa shape index (κ1) is 11.1. The molecule has 0 spiro atoms. The molecule has 0 saturated heterocycles. The molecule has 2 rings (SSSR count). The highest BCUT2D eigenvalue weighted by Crippen LogP contribution is 2.05. The largest absolute Gasteiger partial charge is 0.366 e. The van der Waals surface area contributed by atoms with Crippen molar-refractivity contribution in [1.29, 1.82) is 0 Å². The molecule has 5 nitrogen and oxygen atoms in total. The van der Waals surface area contributed by atoms with Crippen molar-refractivity contribution in [3.05, 3.63) is 54.0 Å². The summed E-state index contributed by atoms with van der Waals surface area (Å²) in [7, 11) is 0. The van der Waals surface area contributed by atoms with Crippen molar-refractivity contribution >= 4 is 11.7 Å². The molecule has 86 valence electrons. The van der Waals surface area contributed by atoms with E-state index in [0.29, 0.717) is 12.4 Å². The maximum absolute atomic E-state index is 10.9. The van der Waals surface area contributed by atoms with Crippen LogP contribution in [0.4, 0.5) is 5.82 Å². The van der Waals surface area contributed by atoms with Crippen molar-refractivity contribution in [3.8, 4) is 0 Å². The first-order valence-corrected chi connectivity index (χ1v) is 5.16. The van der Waals surface area contributed by atoms with E-state index in [1.807, 2.05) is 30.3 Å². The van der Waals surface area contributed by atoms with Gasteiger partial charge in [0.05, 0.1) is 0 Å². The van der Waals surface area contributed by atoms with Gasteiger partial charge in [-0.1, -0.05) is 30.3 Å². The van der Waals surface area contributed by atoms with Crippen LogP contribution >= 0.6 is 0 Å². The molecule has 0 unspecified atom stereocenters. The minimum Gasteiger partial charge on any atom is -0.366 e. The van der Waals surface area contributed by atoms with Crippen LogP contribution in [0.1, 0.15) is 16.2 Å². The Morgan fingerprint density at radius 2 is 2.00 bits per heavy atom. The van der Waals surface area contributed by atoms with Gasteiger partial charge in [0.1, 0.15) is 5.82 Å². The number of primary amides is 1. The van der Waals surface area contributed by atoms with Crippen molar-refractivity contribution in [2.75, 3.05) is 5.32 Å². The van der Waals surface area contributed by atoms with Crippen LogP contribution in [0.3, 0.4) is 0 Å². The van der Waals surface area contributed by atoms with E-state index >= 15 is 0 Å². The second-order valence-electron chi connectivity index (χ2n) is 3.47. The van der Waals surface area contributed by atoms with Gasteiger partial charge in [-0.3, -0.25) is 4.79 Å². The van der Waals surface area contributed by atoms with Crippen molar-refractivity contribution < 1.29 is 4.79 Å². The van der Waals surface area contributed by atoms with Crippen LogP contribution in [-0.4, -0.2) is 15.9 Å². The van der Waals surface area contributed by atoms with Crippen LogP contribution in [0.15, 0.2) is 42.6 Å². The van der Waals surface area contributed by atoms with E-state index in [2.05, 4.69) is 15.3 Å². The summed E-state index contributed by atoms with van der Waals surface area (Å²) >= 11 is 0. The van der Waals surface area contributed by atoms with Gasteiger partial charge in [0.15, 0.2) is 0 Å². The van der Waals surface area contributed by atoms with Gasteiger partial charge >= 0.3 is 0 Å². The van der Waals surface area contributed by atoms with E-state index in [1.54, 1.807) is 6.07 Å². The number of carbonyl (C=O) groups is 1.